The van der Waals surface area contributed by atoms with Gasteiger partial charge in [0.15, 0.2) is 0 Å². The van der Waals surface area contributed by atoms with Crippen molar-refractivity contribution in [2.24, 2.45) is 0 Å². The van der Waals surface area contributed by atoms with Crippen LogP contribution in [-0.4, -0.2) is 31.6 Å². The number of carbonyl (C=O) groups is 1. The van der Waals surface area contributed by atoms with Gasteiger partial charge < -0.3 is 15.4 Å². The number of nitrogens with one attached hydrogen (secondary N) is 2. The standard InChI is InChI=1S/C17H20F6N2O2/c18-16(19,20)11-8-12(17(21,22)23)10-13(9-11)27-7-3-6-25-15(26)14-4-1-2-5-24-14/h8-10,14,24H,1-7H2,(H,25,26)/t14-/m0/s1. The summed E-state index contributed by atoms with van der Waals surface area (Å²) in [7, 11) is 0. The molecule has 0 aromatic heterocycles. The third-order valence-electron chi connectivity index (χ3n) is 4.08. The van der Waals surface area contributed by atoms with E-state index in [-0.39, 0.29) is 37.6 Å². The van der Waals surface area contributed by atoms with Gasteiger partial charge in [-0.3, -0.25) is 4.79 Å². The van der Waals surface area contributed by atoms with Crippen molar-refractivity contribution in [2.45, 2.75) is 44.1 Å². The molecule has 4 nitrogen and oxygen atoms in total. The number of carbonyl (C=O) groups excluding carboxylic acids is 1. The van der Waals surface area contributed by atoms with Crippen molar-refractivity contribution in [3.05, 3.63) is 29.3 Å². The summed E-state index contributed by atoms with van der Waals surface area (Å²) in [6.45, 7) is 0.845. The van der Waals surface area contributed by atoms with E-state index in [1.807, 2.05) is 0 Å². The fraction of sp³-hybridized carbons (Fsp3) is 0.588. The zero-order valence-corrected chi connectivity index (χ0v) is 14.3. The van der Waals surface area contributed by atoms with Crippen LogP contribution in [0.15, 0.2) is 18.2 Å². The fourth-order valence-corrected chi connectivity index (χ4v) is 2.68. The maximum absolute atomic E-state index is 12.8. The molecule has 1 aliphatic rings. The maximum Gasteiger partial charge on any atom is 0.416 e. The van der Waals surface area contributed by atoms with Crippen LogP contribution in [0.1, 0.15) is 36.8 Å². The van der Waals surface area contributed by atoms with E-state index >= 15 is 0 Å². The number of ether oxygens (including phenoxy) is 1. The lowest BCUT2D eigenvalue weighted by molar-refractivity contribution is -0.143. The van der Waals surface area contributed by atoms with Gasteiger partial charge in [-0.05, 0) is 44.0 Å². The molecule has 1 aromatic rings. The molecule has 1 saturated heterocycles. The van der Waals surface area contributed by atoms with E-state index in [1.54, 1.807) is 0 Å². The van der Waals surface area contributed by atoms with Crippen molar-refractivity contribution in [1.29, 1.82) is 0 Å². The highest BCUT2D eigenvalue weighted by Crippen LogP contribution is 2.38. The summed E-state index contributed by atoms with van der Waals surface area (Å²) in [5, 5.41) is 5.74. The Kier molecular flexibility index (Phi) is 6.96. The molecule has 1 atom stereocenters. The van der Waals surface area contributed by atoms with E-state index in [9.17, 15) is 31.1 Å². The van der Waals surface area contributed by atoms with Crippen molar-refractivity contribution in [1.82, 2.24) is 10.6 Å². The molecule has 152 valence electrons. The summed E-state index contributed by atoms with van der Waals surface area (Å²) >= 11 is 0. The molecule has 27 heavy (non-hydrogen) atoms. The second-order valence-electron chi connectivity index (χ2n) is 6.24. The van der Waals surface area contributed by atoms with Gasteiger partial charge >= 0.3 is 12.4 Å². The average molecular weight is 398 g/mol. The van der Waals surface area contributed by atoms with E-state index in [2.05, 4.69) is 10.6 Å². The Labute approximate surface area is 152 Å². The van der Waals surface area contributed by atoms with Crippen molar-refractivity contribution < 1.29 is 35.9 Å². The van der Waals surface area contributed by atoms with Crippen LogP contribution >= 0.6 is 0 Å². The second-order valence-corrected chi connectivity index (χ2v) is 6.24. The molecule has 2 N–H and O–H groups in total. The minimum atomic E-state index is -4.92. The number of rotatable bonds is 6. The van der Waals surface area contributed by atoms with E-state index in [0.29, 0.717) is 12.1 Å². The lowest BCUT2D eigenvalue weighted by Crippen LogP contribution is -2.46. The summed E-state index contributed by atoms with van der Waals surface area (Å²) in [6.07, 6.45) is -6.90. The summed E-state index contributed by atoms with van der Waals surface area (Å²) < 4.78 is 81.6. The van der Waals surface area contributed by atoms with Crippen LogP contribution < -0.4 is 15.4 Å². The van der Waals surface area contributed by atoms with E-state index in [4.69, 9.17) is 4.74 Å². The second kappa shape index (κ2) is 8.81. The molecule has 0 spiro atoms. The van der Waals surface area contributed by atoms with Gasteiger partial charge in [0.2, 0.25) is 5.91 Å². The monoisotopic (exact) mass is 398 g/mol. The lowest BCUT2D eigenvalue weighted by atomic mass is 10.0. The Balaban J connectivity index is 1.86. The van der Waals surface area contributed by atoms with Crippen LogP contribution in [0.5, 0.6) is 5.75 Å². The predicted molar refractivity (Wildman–Crippen MR) is 85.2 cm³/mol. The molecule has 1 amide bonds. The molecule has 1 aromatic carbocycles. The number of alkyl halides is 6. The van der Waals surface area contributed by atoms with Gasteiger partial charge in [-0.2, -0.15) is 26.3 Å². The Morgan fingerprint density at radius 1 is 1.07 bits per heavy atom. The van der Waals surface area contributed by atoms with E-state index in [0.717, 1.165) is 25.8 Å². The molecule has 2 rings (SSSR count). The molecular formula is C17H20F6N2O2. The highest BCUT2D eigenvalue weighted by atomic mass is 19.4. The van der Waals surface area contributed by atoms with Gasteiger partial charge in [0.25, 0.3) is 0 Å². The highest BCUT2D eigenvalue weighted by Gasteiger charge is 2.37. The number of benzene rings is 1. The molecule has 1 aliphatic heterocycles. The molecule has 0 saturated carbocycles. The lowest BCUT2D eigenvalue weighted by Gasteiger charge is -2.22. The molecule has 0 unspecified atom stereocenters. The van der Waals surface area contributed by atoms with Crippen LogP contribution in [0.3, 0.4) is 0 Å². The van der Waals surface area contributed by atoms with Crippen LogP contribution in [0.2, 0.25) is 0 Å². The highest BCUT2D eigenvalue weighted by molar-refractivity contribution is 5.81. The van der Waals surface area contributed by atoms with Crippen molar-refractivity contribution >= 4 is 5.91 Å². The van der Waals surface area contributed by atoms with Gasteiger partial charge in [-0.25, -0.2) is 0 Å². The molecule has 0 aliphatic carbocycles. The van der Waals surface area contributed by atoms with Gasteiger partial charge in [0, 0.05) is 6.54 Å². The first kappa shape index (κ1) is 21.3. The van der Waals surface area contributed by atoms with Gasteiger partial charge in [0.1, 0.15) is 5.75 Å². The molecule has 0 radical (unpaired) electrons. The first-order valence-electron chi connectivity index (χ1n) is 8.51. The van der Waals surface area contributed by atoms with E-state index < -0.39 is 29.2 Å². The van der Waals surface area contributed by atoms with Crippen LogP contribution in [0.25, 0.3) is 0 Å². The first-order chi connectivity index (χ1) is 12.6. The SMILES string of the molecule is O=C(NCCCOc1cc(C(F)(F)F)cc(C(F)(F)F)c1)[C@@H]1CCCCN1. The van der Waals surface area contributed by atoms with Crippen molar-refractivity contribution in [2.75, 3.05) is 19.7 Å². The Bertz CT molecular complexity index is 607. The molecule has 1 heterocycles. The zero-order valence-electron chi connectivity index (χ0n) is 14.3. The third kappa shape index (κ3) is 6.60. The normalized spacial score (nSPS) is 18.2. The fourth-order valence-electron chi connectivity index (χ4n) is 2.68. The third-order valence-corrected chi connectivity index (χ3v) is 4.08. The topological polar surface area (TPSA) is 50.4 Å². The molecule has 0 bridgehead atoms. The average Bonchev–Trinajstić information content (AvgIpc) is 2.60. The minimum Gasteiger partial charge on any atom is -0.493 e. The summed E-state index contributed by atoms with van der Waals surface area (Å²) in [4.78, 5) is 11.9. The number of amides is 1. The number of hydrogen-bond acceptors (Lipinski definition) is 3. The summed E-state index contributed by atoms with van der Waals surface area (Å²) in [6, 6.07) is 0.835. The maximum atomic E-state index is 12.8. The first-order valence-corrected chi connectivity index (χ1v) is 8.51. The van der Waals surface area contributed by atoms with Crippen LogP contribution in [0, 0.1) is 0 Å². The quantitative estimate of drug-likeness (QED) is 0.567. The number of hydrogen-bond donors (Lipinski definition) is 2. The minimum absolute atomic E-state index is 0.0459. The van der Waals surface area contributed by atoms with Crippen LogP contribution in [-0.2, 0) is 17.1 Å². The summed E-state index contributed by atoms with van der Waals surface area (Å²) in [5.74, 6) is -0.689. The largest absolute Gasteiger partial charge is 0.493 e. The Hall–Kier alpha value is -1.97. The molecular weight excluding hydrogens is 378 g/mol. The van der Waals surface area contributed by atoms with Gasteiger partial charge in [-0.1, -0.05) is 6.42 Å². The Morgan fingerprint density at radius 2 is 1.70 bits per heavy atom. The molecule has 10 heteroatoms. The summed E-state index contributed by atoms with van der Waals surface area (Å²) in [5.41, 5.74) is -2.85. The molecule has 1 fully saturated rings. The van der Waals surface area contributed by atoms with Crippen LogP contribution in [0.4, 0.5) is 26.3 Å². The number of halogens is 6. The van der Waals surface area contributed by atoms with Crippen molar-refractivity contribution in [3.8, 4) is 5.75 Å². The zero-order chi connectivity index (χ0) is 20.1. The predicted octanol–water partition coefficient (Wildman–Crippen LogP) is 3.75. The Morgan fingerprint density at radius 3 is 2.22 bits per heavy atom. The smallest absolute Gasteiger partial charge is 0.416 e. The van der Waals surface area contributed by atoms with Gasteiger partial charge in [-0.15, -0.1) is 0 Å². The van der Waals surface area contributed by atoms with Crippen molar-refractivity contribution in [3.63, 3.8) is 0 Å². The van der Waals surface area contributed by atoms with E-state index in [1.165, 1.54) is 0 Å². The van der Waals surface area contributed by atoms with Gasteiger partial charge in [0.05, 0.1) is 23.8 Å². The number of piperidine rings is 1.